The van der Waals surface area contributed by atoms with Crippen molar-refractivity contribution in [1.82, 2.24) is 10.2 Å². The maximum absolute atomic E-state index is 12.7. The van der Waals surface area contributed by atoms with Crippen LogP contribution in [0.2, 0.25) is 0 Å². The van der Waals surface area contributed by atoms with E-state index in [1.165, 1.54) is 0 Å². The first-order chi connectivity index (χ1) is 11.3. The molecule has 134 valence electrons. The Bertz CT molecular complexity index is 522. The van der Waals surface area contributed by atoms with Crippen LogP contribution in [0.3, 0.4) is 0 Å². The van der Waals surface area contributed by atoms with Gasteiger partial charge in [-0.15, -0.1) is 0 Å². The van der Waals surface area contributed by atoms with E-state index in [0.717, 1.165) is 24.3 Å². The van der Waals surface area contributed by atoms with Crippen LogP contribution in [0.15, 0.2) is 24.3 Å². The highest BCUT2D eigenvalue weighted by Crippen LogP contribution is 2.14. The molecule has 0 atom stereocenters. The van der Waals surface area contributed by atoms with Crippen LogP contribution < -0.4 is 10.1 Å². The molecule has 6 heteroatoms. The van der Waals surface area contributed by atoms with Crippen molar-refractivity contribution in [2.75, 3.05) is 32.8 Å². The quantitative estimate of drug-likeness (QED) is 0.831. The van der Waals surface area contributed by atoms with Gasteiger partial charge in [-0.1, -0.05) is 12.1 Å². The second kappa shape index (κ2) is 8.33. The highest BCUT2D eigenvalue weighted by Gasteiger charge is 2.25. The van der Waals surface area contributed by atoms with E-state index < -0.39 is 17.9 Å². The Morgan fingerprint density at radius 2 is 1.96 bits per heavy atom. The lowest BCUT2D eigenvalue weighted by Gasteiger charge is -2.33. The van der Waals surface area contributed by atoms with Gasteiger partial charge in [-0.2, -0.15) is 0 Å². The number of carbonyl (C=O) groups excluding carboxylic acids is 1. The third-order valence-corrected chi connectivity index (χ3v) is 3.59. The van der Waals surface area contributed by atoms with Crippen LogP contribution in [-0.2, 0) is 11.2 Å². The number of benzene rings is 1. The summed E-state index contributed by atoms with van der Waals surface area (Å²) in [7, 11) is 0. The molecule has 1 amide bonds. The number of amides is 1. The van der Waals surface area contributed by atoms with Crippen LogP contribution >= 0.6 is 0 Å². The lowest BCUT2D eigenvalue weighted by molar-refractivity contribution is 0.0526. The molecule has 24 heavy (non-hydrogen) atoms. The standard InChI is InChI=1S/C18H27FN2O3/c1-18(2,3)24-17(22)20-9-8-14-4-6-16(7-5-14)23-11-10-21-12-15(19)13-21/h4-7,15H,8-13H2,1-3H3,(H,20,22). The Kier molecular flexibility index (Phi) is 6.43. The van der Waals surface area contributed by atoms with Crippen LogP contribution in [0.1, 0.15) is 26.3 Å². The Labute approximate surface area is 143 Å². The molecular formula is C18H27FN2O3. The number of nitrogens with one attached hydrogen (secondary N) is 1. The number of ether oxygens (including phenoxy) is 2. The number of rotatable bonds is 7. The molecule has 1 aliphatic rings. The van der Waals surface area contributed by atoms with Crippen molar-refractivity contribution in [3.05, 3.63) is 29.8 Å². The van der Waals surface area contributed by atoms with E-state index in [1.54, 1.807) is 0 Å². The van der Waals surface area contributed by atoms with E-state index in [-0.39, 0.29) is 0 Å². The maximum atomic E-state index is 12.7. The van der Waals surface area contributed by atoms with Gasteiger partial charge in [0.2, 0.25) is 0 Å². The van der Waals surface area contributed by atoms with Crippen LogP contribution in [-0.4, -0.2) is 55.6 Å². The summed E-state index contributed by atoms with van der Waals surface area (Å²) in [6, 6.07) is 7.79. The molecule has 1 N–H and O–H groups in total. The fraction of sp³-hybridized carbons (Fsp3) is 0.611. The predicted molar refractivity (Wildman–Crippen MR) is 91.2 cm³/mol. The van der Waals surface area contributed by atoms with E-state index >= 15 is 0 Å². The zero-order valence-corrected chi connectivity index (χ0v) is 14.7. The summed E-state index contributed by atoms with van der Waals surface area (Å²) in [4.78, 5) is 13.6. The minimum absolute atomic E-state index is 0.399. The summed E-state index contributed by atoms with van der Waals surface area (Å²) in [5.41, 5.74) is 0.631. The maximum Gasteiger partial charge on any atom is 0.407 e. The summed E-state index contributed by atoms with van der Waals surface area (Å²) in [5, 5.41) is 2.74. The topological polar surface area (TPSA) is 50.8 Å². The summed E-state index contributed by atoms with van der Waals surface area (Å²) in [5.74, 6) is 0.802. The van der Waals surface area contributed by atoms with E-state index in [2.05, 4.69) is 5.32 Å². The third-order valence-electron chi connectivity index (χ3n) is 3.59. The summed E-state index contributed by atoms with van der Waals surface area (Å²) >= 11 is 0. The molecule has 0 aromatic heterocycles. The number of hydrogen-bond acceptors (Lipinski definition) is 4. The summed E-state index contributed by atoms with van der Waals surface area (Å²) in [6.07, 6.45) is -0.340. The molecular weight excluding hydrogens is 311 g/mol. The van der Waals surface area contributed by atoms with E-state index in [4.69, 9.17) is 9.47 Å². The number of alkyl halides is 1. The number of halogens is 1. The Balaban J connectivity index is 1.62. The molecule has 0 bridgehead atoms. The first-order valence-corrected chi connectivity index (χ1v) is 8.37. The molecule has 1 heterocycles. The molecule has 1 fully saturated rings. The lowest BCUT2D eigenvalue weighted by atomic mass is 10.1. The van der Waals surface area contributed by atoms with Crippen molar-refractivity contribution >= 4 is 6.09 Å². The number of likely N-dealkylation sites (tertiary alicyclic amines) is 1. The van der Waals surface area contributed by atoms with Crippen molar-refractivity contribution in [2.45, 2.75) is 39.0 Å². The number of nitrogens with zero attached hydrogens (tertiary/aromatic N) is 1. The molecule has 1 aromatic carbocycles. The van der Waals surface area contributed by atoms with Crippen molar-refractivity contribution in [3.63, 3.8) is 0 Å². The highest BCUT2D eigenvalue weighted by molar-refractivity contribution is 5.67. The third kappa shape index (κ3) is 6.74. The summed E-state index contributed by atoms with van der Waals surface area (Å²) < 4.78 is 23.5. The number of carbonyl (C=O) groups is 1. The number of hydrogen-bond donors (Lipinski definition) is 1. The van der Waals surface area contributed by atoms with Crippen LogP contribution in [0.4, 0.5) is 9.18 Å². The van der Waals surface area contributed by atoms with Crippen molar-refractivity contribution in [3.8, 4) is 5.75 Å². The predicted octanol–water partition coefficient (Wildman–Crippen LogP) is 2.79. The Morgan fingerprint density at radius 3 is 2.54 bits per heavy atom. The van der Waals surface area contributed by atoms with Crippen LogP contribution in [0, 0.1) is 0 Å². The Hall–Kier alpha value is -1.82. The number of alkyl carbamates (subject to hydrolysis) is 1. The average Bonchev–Trinajstić information content (AvgIpc) is 2.45. The average molecular weight is 338 g/mol. The second-order valence-corrected chi connectivity index (χ2v) is 7.03. The molecule has 0 aliphatic carbocycles. The zero-order valence-electron chi connectivity index (χ0n) is 14.7. The minimum Gasteiger partial charge on any atom is -0.492 e. The van der Waals surface area contributed by atoms with Gasteiger partial charge in [-0.25, -0.2) is 9.18 Å². The van der Waals surface area contributed by atoms with Gasteiger partial charge in [0.1, 0.15) is 24.1 Å². The molecule has 0 saturated carbocycles. The van der Waals surface area contributed by atoms with Crippen LogP contribution in [0.25, 0.3) is 0 Å². The highest BCUT2D eigenvalue weighted by atomic mass is 19.1. The van der Waals surface area contributed by atoms with Gasteiger partial charge in [-0.05, 0) is 44.9 Å². The second-order valence-electron chi connectivity index (χ2n) is 7.03. The van der Waals surface area contributed by atoms with Gasteiger partial charge < -0.3 is 14.8 Å². The molecule has 1 aromatic rings. The van der Waals surface area contributed by atoms with E-state index in [1.807, 2.05) is 49.9 Å². The van der Waals surface area contributed by atoms with Gasteiger partial charge in [0.25, 0.3) is 0 Å². The summed E-state index contributed by atoms with van der Waals surface area (Å²) in [6.45, 7) is 8.39. The van der Waals surface area contributed by atoms with Crippen LogP contribution in [0.5, 0.6) is 5.75 Å². The van der Waals surface area contributed by atoms with Crippen molar-refractivity contribution in [1.29, 1.82) is 0 Å². The lowest BCUT2D eigenvalue weighted by Crippen LogP contribution is -2.49. The smallest absolute Gasteiger partial charge is 0.407 e. The first kappa shape index (κ1) is 18.5. The first-order valence-electron chi connectivity index (χ1n) is 8.37. The van der Waals surface area contributed by atoms with Gasteiger partial charge in [0.05, 0.1) is 0 Å². The molecule has 1 saturated heterocycles. The molecule has 0 unspecified atom stereocenters. The van der Waals surface area contributed by atoms with Crippen molar-refractivity contribution < 1.29 is 18.7 Å². The van der Waals surface area contributed by atoms with E-state index in [9.17, 15) is 9.18 Å². The van der Waals surface area contributed by atoms with Gasteiger partial charge >= 0.3 is 6.09 Å². The SMILES string of the molecule is CC(C)(C)OC(=O)NCCc1ccc(OCCN2CC(F)C2)cc1. The molecule has 1 aliphatic heterocycles. The minimum atomic E-state index is -0.668. The van der Waals surface area contributed by atoms with Gasteiger partial charge in [0.15, 0.2) is 0 Å². The normalized spacial score (nSPS) is 15.7. The van der Waals surface area contributed by atoms with Gasteiger partial charge in [0, 0.05) is 26.2 Å². The fourth-order valence-corrected chi connectivity index (χ4v) is 2.36. The monoisotopic (exact) mass is 338 g/mol. The molecule has 2 rings (SSSR count). The molecule has 5 nitrogen and oxygen atoms in total. The fourth-order valence-electron chi connectivity index (χ4n) is 2.36. The largest absolute Gasteiger partial charge is 0.492 e. The van der Waals surface area contributed by atoms with Gasteiger partial charge in [-0.3, -0.25) is 4.90 Å². The Morgan fingerprint density at radius 1 is 1.29 bits per heavy atom. The molecule has 0 radical (unpaired) electrons. The van der Waals surface area contributed by atoms with E-state index in [0.29, 0.717) is 26.2 Å². The van der Waals surface area contributed by atoms with Crippen molar-refractivity contribution in [2.24, 2.45) is 0 Å². The zero-order chi connectivity index (χ0) is 17.6. The molecule has 0 spiro atoms.